The van der Waals surface area contributed by atoms with Crippen molar-refractivity contribution in [2.45, 2.75) is 0 Å². The van der Waals surface area contributed by atoms with Crippen LogP contribution in [0.15, 0.2) is 40.1 Å². The van der Waals surface area contributed by atoms with E-state index in [1.165, 1.54) is 0 Å². The van der Waals surface area contributed by atoms with E-state index in [4.69, 9.17) is 0 Å². The molecule has 0 saturated heterocycles. The first kappa shape index (κ1) is 9.59. The van der Waals surface area contributed by atoms with Crippen molar-refractivity contribution in [3.05, 3.63) is 51.3 Å². The number of aromatic amines is 3. The molecule has 0 fully saturated rings. The number of nitrogens with one attached hydrogen (secondary N) is 3. The Morgan fingerprint density at radius 1 is 1.12 bits per heavy atom. The van der Waals surface area contributed by atoms with Crippen molar-refractivity contribution in [1.29, 1.82) is 0 Å². The van der Waals surface area contributed by atoms with E-state index >= 15 is 0 Å². The number of nitrogens with zero attached hydrogens (tertiary/aromatic N) is 1. The smallest absolute Gasteiger partial charge is 0.342 e. The van der Waals surface area contributed by atoms with Gasteiger partial charge in [-0.1, -0.05) is 18.2 Å². The van der Waals surface area contributed by atoms with E-state index < -0.39 is 11.2 Å². The van der Waals surface area contributed by atoms with Gasteiger partial charge in [0.1, 0.15) is 0 Å². The first-order valence-electron chi connectivity index (χ1n) is 5.01. The molecule has 0 aliphatic heterocycles. The number of fused-ring (bicyclic) bond motifs is 1. The van der Waals surface area contributed by atoms with Crippen molar-refractivity contribution in [2.75, 3.05) is 0 Å². The predicted molar refractivity (Wildman–Crippen MR) is 62.8 cm³/mol. The zero-order chi connectivity index (χ0) is 11.8. The lowest BCUT2D eigenvalue weighted by Crippen LogP contribution is -2.25. The highest BCUT2D eigenvalue weighted by atomic mass is 16.2. The zero-order valence-electron chi connectivity index (χ0n) is 8.65. The van der Waals surface area contributed by atoms with Crippen LogP contribution < -0.4 is 11.2 Å². The number of H-pyrrole nitrogens is 3. The minimum Gasteiger partial charge on any atom is -0.360 e. The number of para-hydroxylation sites is 1. The largest absolute Gasteiger partial charge is 0.360 e. The summed E-state index contributed by atoms with van der Waals surface area (Å²) in [5.74, 6) is 0. The van der Waals surface area contributed by atoms with Crippen LogP contribution in [0.4, 0.5) is 0 Å². The summed E-state index contributed by atoms with van der Waals surface area (Å²) in [5, 5.41) is 6.87. The molecular formula is C11H8N4O2. The molecule has 0 atom stereocenters. The molecule has 0 unspecified atom stereocenters. The summed E-state index contributed by atoms with van der Waals surface area (Å²) in [5.41, 5.74) is 0.659. The van der Waals surface area contributed by atoms with Gasteiger partial charge in [-0.2, -0.15) is 5.10 Å². The van der Waals surface area contributed by atoms with Crippen LogP contribution in [0.5, 0.6) is 0 Å². The van der Waals surface area contributed by atoms with Gasteiger partial charge in [-0.25, -0.2) is 9.89 Å². The Balaban J connectivity index is 2.35. The molecule has 3 N–H and O–H groups in total. The van der Waals surface area contributed by atoms with Crippen molar-refractivity contribution < 1.29 is 0 Å². The summed E-state index contributed by atoms with van der Waals surface area (Å²) in [6.07, 6.45) is 1.69. The molecule has 2 aromatic heterocycles. The number of benzene rings is 1. The monoisotopic (exact) mass is 228 g/mol. The van der Waals surface area contributed by atoms with Crippen LogP contribution in [0.3, 0.4) is 0 Å². The Hall–Kier alpha value is -2.63. The molecule has 0 spiro atoms. The van der Waals surface area contributed by atoms with Crippen LogP contribution in [-0.2, 0) is 0 Å². The van der Waals surface area contributed by atoms with E-state index in [1.54, 1.807) is 6.20 Å². The molecular weight excluding hydrogens is 220 g/mol. The van der Waals surface area contributed by atoms with E-state index in [-0.39, 0.29) is 5.69 Å². The lowest BCUT2D eigenvalue weighted by molar-refractivity contribution is 0.898. The topological polar surface area (TPSA) is 94.4 Å². The van der Waals surface area contributed by atoms with Crippen LogP contribution in [0.25, 0.3) is 22.2 Å². The number of hydrogen-bond acceptors (Lipinski definition) is 3. The summed E-state index contributed by atoms with van der Waals surface area (Å²) in [7, 11) is 0. The van der Waals surface area contributed by atoms with Gasteiger partial charge in [-0.05, 0) is 6.07 Å². The van der Waals surface area contributed by atoms with Gasteiger partial charge >= 0.3 is 5.69 Å². The van der Waals surface area contributed by atoms with Crippen molar-refractivity contribution >= 4 is 10.9 Å². The Kier molecular flexibility index (Phi) is 1.94. The maximum absolute atomic E-state index is 11.6. The van der Waals surface area contributed by atoms with Crippen LogP contribution in [0.2, 0.25) is 0 Å². The van der Waals surface area contributed by atoms with Gasteiger partial charge in [0, 0.05) is 22.7 Å². The zero-order valence-corrected chi connectivity index (χ0v) is 8.65. The predicted octanol–water partition coefficient (Wildman–Crippen LogP) is 0.606. The molecule has 0 radical (unpaired) electrons. The van der Waals surface area contributed by atoms with Gasteiger partial charge < -0.3 is 4.98 Å². The van der Waals surface area contributed by atoms with E-state index in [1.807, 2.05) is 24.3 Å². The van der Waals surface area contributed by atoms with E-state index in [9.17, 15) is 9.59 Å². The SMILES string of the molecule is O=c1[nH]nc(-c2c[nH]c3ccccc23)c(=O)[nH]1. The maximum atomic E-state index is 11.6. The van der Waals surface area contributed by atoms with E-state index in [0.717, 1.165) is 10.9 Å². The number of hydrogen-bond donors (Lipinski definition) is 3. The standard InChI is InChI=1S/C11H8N4O2/c16-10-9(14-15-11(17)13-10)7-5-12-8-4-2-1-3-6(7)8/h1-5,12H,(H2,13,15,16,17). The second-order valence-corrected chi connectivity index (χ2v) is 3.60. The molecule has 1 aromatic carbocycles. The van der Waals surface area contributed by atoms with Gasteiger partial charge in [0.2, 0.25) is 0 Å². The molecule has 6 heteroatoms. The van der Waals surface area contributed by atoms with Gasteiger partial charge in [0.25, 0.3) is 5.56 Å². The Morgan fingerprint density at radius 2 is 1.94 bits per heavy atom. The molecule has 2 heterocycles. The third-order valence-corrected chi connectivity index (χ3v) is 2.56. The second kappa shape index (κ2) is 3.44. The normalized spacial score (nSPS) is 10.8. The summed E-state index contributed by atoms with van der Waals surface area (Å²) in [6, 6.07) is 7.55. The van der Waals surface area contributed by atoms with Crippen molar-refractivity contribution in [3.8, 4) is 11.3 Å². The Labute approximate surface area is 94.3 Å². The first-order valence-corrected chi connectivity index (χ1v) is 5.01. The molecule has 0 saturated carbocycles. The van der Waals surface area contributed by atoms with Gasteiger partial charge in [0.05, 0.1) is 0 Å². The van der Waals surface area contributed by atoms with Crippen LogP contribution in [-0.4, -0.2) is 20.2 Å². The van der Waals surface area contributed by atoms with Gasteiger partial charge in [-0.3, -0.25) is 9.78 Å². The minimum atomic E-state index is -0.612. The number of aromatic nitrogens is 4. The average Bonchev–Trinajstić information content (AvgIpc) is 2.73. The minimum absolute atomic E-state index is 0.196. The highest BCUT2D eigenvalue weighted by Crippen LogP contribution is 2.23. The fourth-order valence-corrected chi connectivity index (χ4v) is 1.80. The molecule has 0 aliphatic rings. The summed E-state index contributed by atoms with van der Waals surface area (Å²) >= 11 is 0. The fourth-order valence-electron chi connectivity index (χ4n) is 1.80. The van der Waals surface area contributed by atoms with Gasteiger partial charge in [-0.15, -0.1) is 0 Å². The highest BCUT2D eigenvalue weighted by Gasteiger charge is 2.10. The van der Waals surface area contributed by atoms with Crippen molar-refractivity contribution in [2.24, 2.45) is 0 Å². The van der Waals surface area contributed by atoms with E-state index in [0.29, 0.717) is 5.56 Å². The summed E-state index contributed by atoms with van der Waals surface area (Å²) in [6.45, 7) is 0. The molecule has 0 bridgehead atoms. The van der Waals surface area contributed by atoms with Crippen LogP contribution in [0.1, 0.15) is 0 Å². The molecule has 3 rings (SSSR count). The molecule has 17 heavy (non-hydrogen) atoms. The van der Waals surface area contributed by atoms with Crippen LogP contribution >= 0.6 is 0 Å². The lowest BCUT2D eigenvalue weighted by Gasteiger charge is -1.95. The first-order chi connectivity index (χ1) is 8.25. The third-order valence-electron chi connectivity index (χ3n) is 2.56. The second-order valence-electron chi connectivity index (χ2n) is 3.60. The third kappa shape index (κ3) is 1.46. The number of rotatable bonds is 1. The Bertz CT molecular complexity index is 797. The quantitative estimate of drug-likeness (QED) is 0.569. The molecule has 84 valence electrons. The highest BCUT2D eigenvalue weighted by molar-refractivity contribution is 5.94. The molecule has 0 aliphatic carbocycles. The summed E-state index contributed by atoms with van der Waals surface area (Å²) < 4.78 is 0. The van der Waals surface area contributed by atoms with E-state index in [2.05, 4.69) is 20.2 Å². The lowest BCUT2D eigenvalue weighted by atomic mass is 10.1. The maximum Gasteiger partial charge on any atom is 0.342 e. The molecule has 3 aromatic rings. The Morgan fingerprint density at radius 3 is 2.76 bits per heavy atom. The van der Waals surface area contributed by atoms with Crippen molar-refractivity contribution in [1.82, 2.24) is 20.2 Å². The van der Waals surface area contributed by atoms with Gasteiger partial charge in [0.15, 0.2) is 5.69 Å². The fraction of sp³-hybridized carbons (Fsp3) is 0. The summed E-state index contributed by atoms with van der Waals surface area (Å²) in [4.78, 5) is 27.7. The average molecular weight is 228 g/mol. The molecule has 6 nitrogen and oxygen atoms in total. The molecule has 0 amide bonds. The van der Waals surface area contributed by atoms with Crippen LogP contribution in [0, 0.1) is 0 Å². The van der Waals surface area contributed by atoms with Crippen molar-refractivity contribution in [3.63, 3.8) is 0 Å².